The normalized spacial score (nSPS) is 18.5. The summed E-state index contributed by atoms with van der Waals surface area (Å²) in [6.45, 7) is 8.82. The SMILES string of the molecule is Cc1ccnc(N2CCN(c3ccc(N4CCOCC4)nn3)CC2)n1. The number of morpholine rings is 1. The molecule has 0 unspecified atom stereocenters. The minimum Gasteiger partial charge on any atom is -0.378 e. The van der Waals surface area contributed by atoms with Crippen molar-refractivity contribution < 1.29 is 4.74 Å². The van der Waals surface area contributed by atoms with Gasteiger partial charge in [0.1, 0.15) is 0 Å². The van der Waals surface area contributed by atoms with Crippen molar-refractivity contribution in [3.05, 3.63) is 30.1 Å². The van der Waals surface area contributed by atoms with Crippen LogP contribution in [0.5, 0.6) is 0 Å². The van der Waals surface area contributed by atoms with Gasteiger partial charge in [0.25, 0.3) is 0 Å². The van der Waals surface area contributed by atoms with E-state index in [0.717, 1.165) is 75.8 Å². The van der Waals surface area contributed by atoms with Gasteiger partial charge in [0, 0.05) is 51.2 Å². The third-order valence-corrected chi connectivity index (χ3v) is 4.64. The number of anilines is 3. The number of piperazine rings is 1. The van der Waals surface area contributed by atoms with Gasteiger partial charge < -0.3 is 19.4 Å². The van der Waals surface area contributed by atoms with Crippen LogP contribution in [0.1, 0.15) is 5.69 Å². The molecule has 0 aliphatic carbocycles. The zero-order valence-corrected chi connectivity index (χ0v) is 14.5. The topological polar surface area (TPSA) is 70.5 Å². The fraction of sp³-hybridized carbons (Fsp3) is 0.529. The highest BCUT2D eigenvalue weighted by atomic mass is 16.5. The number of hydrogen-bond acceptors (Lipinski definition) is 8. The Morgan fingerprint density at radius 2 is 1.40 bits per heavy atom. The lowest BCUT2D eigenvalue weighted by Gasteiger charge is -2.35. The largest absolute Gasteiger partial charge is 0.378 e. The van der Waals surface area contributed by atoms with Crippen molar-refractivity contribution in [1.29, 1.82) is 0 Å². The van der Waals surface area contributed by atoms with E-state index < -0.39 is 0 Å². The Bertz CT molecular complexity index is 694. The highest BCUT2D eigenvalue weighted by Crippen LogP contribution is 2.18. The first-order valence-electron chi connectivity index (χ1n) is 8.75. The van der Waals surface area contributed by atoms with Crippen LogP contribution in [0.2, 0.25) is 0 Å². The molecule has 8 nitrogen and oxygen atoms in total. The monoisotopic (exact) mass is 341 g/mol. The maximum atomic E-state index is 5.38. The van der Waals surface area contributed by atoms with Gasteiger partial charge in [0.05, 0.1) is 13.2 Å². The summed E-state index contributed by atoms with van der Waals surface area (Å²) < 4.78 is 5.38. The molecule has 2 saturated heterocycles. The summed E-state index contributed by atoms with van der Waals surface area (Å²) in [5.74, 6) is 2.68. The third-order valence-electron chi connectivity index (χ3n) is 4.64. The quantitative estimate of drug-likeness (QED) is 0.810. The number of ether oxygens (including phenoxy) is 1. The zero-order chi connectivity index (χ0) is 17.1. The van der Waals surface area contributed by atoms with Crippen LogP contribution in [0.3, 0.4) is 0 Å². The second kappa shape index (κ2) is 7.18. The maximum absolute atomic E-state index is 5.38. The minimum absolute atomic E-state index is 0.756. The van der Waals surface area contributed by atoms with E-state index in [1.165, 1.54) is 0 Å². The number of hydrogen-bond donors (Lipinski definition) is 0. The number of nitrogens with zero attached hydrogens (tertiary/aromatic N) is 7. The second-order valence-electron chi connectivity index (χ2n) is 6.32. The van der Waals surface area contributed by atoms with E-state index in [-0.39, 0.29) is 0 Å². The maximum Gasteiger partial charge on any atom is 0.225 e. The van der Waals surface area contributed by atoms with Gasteiger partial charge in [-0.2, -0.15) is 0 Å². The van der Waals surface area contributed by atoms with Crippen molar-refractivity contribution in [2.24, 2.45) is 0 Å². The third kappa shape index (κ3) is 3.63. The van der Waals surface area contributed by atoms with Gasteiger partial charge >= 0.3 is 0 Å². The lowest BCUT2D eigenvalue weighted by atomic mass is 10.3. The summed E-state index contributed by atoms with van der Waals surface area (Å²) in [5.41, 5.74) is 0.997. The molecule has 4 rings (SSSR count). The Hall–Kier alpha value is -2.48. The molecule has 132 valence electrons. The highest BCUT2D eigenvalue weighted by molar-refractivity contribution is 5.47. The summed E-state index contributed by atoms with van der Waals surface area (Å²) in [5, 5.41) is 8.84. The summed E-state index contributed by atoms with van der Waals surface area (Å²) in [4.78, 5) is 15.6. The number of aromatic nitrogens is 4. The molecule has 2 aromatic rings. The molecule has 25 heavy (non-hydrogen) atoms. The molecule has 2 fully saturated rings. The van der Waals surface area contributed by atoms with Crippen LogP contribution in [0, 0.1) is 6.92 Å². The van der Waals surface area contributed by atoms with Crippen molar-refractivity contribution in [3.63, 3.8) is 0 Å². The Morgan fingerprint density at radius 3 is 2.00 bits per heavy atom. The summed E-state index contributed by atoms with van der Waals surface area (Å²) in [6.07, 6.45) is 1.82. The van der Waals surface area contributed by atoms with E-state index >= 15 is 0 Å². The first-order chi connectivity index (χ1) is 12.3. The van der Waals surface area contributed by atoms with Gasteiger partial charge in [0.15, 0.2) is 11.6 Å². The van der Waals surface area contributed by atoms with Crippen LogP contribution in [0.25, 0.3) is 0 Å². The molecule has 2 aliphatic heterocycles. The molecular formula is C17H23N7O. The fourth-order valence-corrected chi connectivity index (χ4v) is 3.17. The minimum atomic E-state index is 0.756. The van der Waals surface area contributed by atoms with Gasteiger partial charge in [-0.15, -0.1) is 10.2 Å². The van der Waals surface area contributed by atoms with Gasteiger partial charge in [-0.1, -0.05) is 0 Å². The van der Waals surface area contributed by atoms with Crippen LogP contribution in [-0.4, -0.2) is 72.6 Å². The summed E-state index contributed by atoms with van der Waals surface area (Å²) in [7, 11) is 0. The summed E-state index contributed by atoms with van der Waals surface area (Å²) in [6, 6.07) is 6.05. The van der Waals surface area contributed by atoms with Gasteiger partial charge in [-0.05, 0) is 25.1 Å². The van der Waals surface area contributed by atoms with Crippen molar-refractivity contribution in [2.45, 2.75) is 6.92 Å². The fourth-order valence-electron chi connectivity index (χ4n) is 3.17. The molecule has 0 spiro atoms. The van der Waals surface area contributed by atoms with Gasteiger partial charge in [-0.3, -0.25) is 0 Å². The Kier molecular flexibility index (Phi) is 4.60. The molecule has 0 N–H and O–H groups in total. The first kappa shape index (κ1) is 16.0. The van der Waals surface area contributed by atoms with Crippen LogP contribution in [0.15, 0.2) is 24.4 Å². The Balaban J connectivity index is 1.37. The van der Waals surface area contributed by atoms with Crippen LogP contribution >= 0.6 is 0 Å². The van der Waals surface area contributed by atoms with Gasteiger partial charge in [0.2, 0.25) is 5.95 Å². The zero-order valence-electron chi connectivity index (χ0n) is 14.5. The van der Waals surface area contributed by atoms with E-state index in [2.05, 4.69) is 47.0 Å². The highest BCUT2D eigenvalue weighted by Gasteiger charge is 2.21. The predicted molar refractivity (Wildman–Crippen MR) is 96.3 cm³/mol. The van der Waals surface area contributed by atoms with Crippen LogP contribution in [-0.2, 0) is 4.74 Å². The molecule has 0 atom stereocenters. The van der Waals surface area contributed by atoms with Crippen LogP contribution < -0.4 is 14.7 Å². The second-order valence-corrected chi connectivity index (χ2v) is 6.32. The first-order valence-corrected chi connectivity index (χ1v) is 8.75. The average molecular weight is 341 g/mol. The van der Waals surface area contributed by atoms with Crippen molar-refractivity contribution in [2.75, 3.05) is 67.2 Å². The molecule has 0 saturated carbocycles. The van der Waals surface area contributed by atoms with E-state index in [4.69, 9.17) is 4.74 Å². The lowest BCUT2D eigenvalue weighted by Crippen LogP contribution is -2.47. The molecule has 8 heteroatoms. The average Bonchev–Trinajstić information content (AvgIpc) is 2.69. The van der Waals surface area contributed by atoms with E-state index in [9.17, 15) is 0 Å². The van der Waals surface area contributed by atoms with Crippen molar-refractivity contribution >= 4 is 17.6 Å². The number of rotatable bonds is 3. The van der Waals surface area contributed by atoms with Crippen molar-refractivity contribution in [1.82, 2.24) is 20.2 Å². The molecule has 2 aromatic heterocycles. The number of aryl methyl sites for hydroxylation is 1. The predicted octanol–water partition coefficient (Wildman–Crippen LogP) is 0.738. The van der Waals surface area contributed by atoms with Gasteiger partial charge in [-0.25, -0.2) is 9.97 Å². The molecule has 0 radical (unpaired) electrons. The molecule has 0 amide bonds. The lowest BCUT2D eigenvalue weighted by molar-refractivity contribution is 0.122. The molecule has 2 aliphatic rings. The molecule has 0 bridgehead atoms. The molecular weight excluding hydrogens is 318 g/mol. The Labute approximate surface area is 147 Å². The smallest absolute Gasteiger partial charge is 0.225 e. The summed E-state index contributed by atoms with van der Waals surface area (Å²) >= 11 is 0. The van der Waals surface area contributed by atoms with E-state index in [1.54, 1.807) is 0 Å². The van der Waals surface area contributed by atoms with Crippen LogP contribution in [0.4, 0.5) is 17.6 Å². The van der Waals surface area contributed by atoms with E-state index in [1.807, 2.05) is 19.2 Å². The van der Waals surface area contributed by atoms with E-state index in [0.29, 0.717) is 0 Å². The molecule has 0 aromatic carbocycles. The molecule has 4 heterocycles. The Morgan fingerprint density at radius 1 is 0.800 bits per heavy atom. The standard InChI is InChI=1S/C17H23N7O/c1-14-4-5-18-17(19-14)24-8-6-22(7-9-24)15-2-3-16(21-20-15)23-10-12-25-13-11-23/h2-5H,6-13H2,1H3. The van der Waals surface area contributed by atoms with Crippen molar-refractivity contribution in [3.8, 4) is 0 Å².